The Labute approximate surface area is 106 Å². The van der Waals surface area contributed by atoms with Gasteiger partial charge < -0.3 is 0 Å². The molecule has 92 valence electrons. The van der Waals surface area contributed by atoms with Crippen molar-refractivity contribution in [3.05, 3.63) is 54.6 Å². The quantitative estimate of drug-likeness (QED) is 0.413. The summed E-state index contributed by atoms with van der Waals surface area (Å²) in [6.45, 7) is 10.1. The van der Waals surface area contributed by atoms with Gasteiger partial charge in [0.05, 0.1) is 0 Å². The topological polar surface area (TPSA) is 0 Å². The van der Waals surface area contributed by atoms with Gasteiger partial charge >= 0.3 is 0 Å². The molecule has 0 amide bonds. The molecule has 0 aliphatic rings. The van der Waals surface area contributed by atoms with E-state index in [-0.39, 0.29) is 0 Å². The molecule has 0 aliphatic carbocycles. The molecule has 0 N–H and O–H groups in total. The summed E-state index contributed by atoms with van der Waals surface area (Å²) in [6, 6.07) is 8.54. The van der Waals surface area contributed by atoms with Crippen molar-refractivity contribution in [1.82, 2.24) is 0 Å². The zero-order valence-electron chi connectivity index (χ0n) is 11.0. The van der Waals surface area contributed by atoms with E-state index in [0.717, 1.165) is 12.0 Å². The molecule has 0 heterocycles. The molecule has 0 fully saturated rings. The first-order valence-electron chi connectivity index (χ1n) is 6.69. The highest BCUT2D eigenvalue weighted by Gasteiger charge is 2.02. The fraction of sp³-hybridized carbons (Fsp3) is 0.412. The molecule has 1 aromatic rings. The van der Waals surface area contributed by atoms with Gasteiger partial charge in [-0.1, -0.05) is 76.1 Å². The predicted molar refractivity (Wildman–Crippen MR) is 78.1 cm³/mol. The molecule has 0 nitrogen and oxygen atoms in total. The Hall–Kier alpha value is -1.30. The number of aryl methyl sites for hydroxylation is 1. The minimum Gasteiger partial charge on any atom is -0.0985 e. The zero-order valence-corrected chi connectivity index (χ0v) is 11.0. The van der Waals surface area contributed by atoms with Gasteiger partial charge in [0.15, 0.2) is 0 Å². The van der Waals surface area contributed by atoms with E-state index in [1.807, 2.05) is 6.08 Å². The summed E-state index contributed by atoms with van der Waals surface area (Å²) in [5, 5.41) is 0. The highest BCUT2D eigenvalue weighted by atomic mass is 14.1. The maximum atomic E-state index is 4.04. The van der Waals surface area contributed by atoms with Gasteiger partial charge in [0.25, 0.3) is 0 Å². The first-order valence-corrected chi connectivity index (χ1v) is 6.69. The van der Waals surface area contributed by atoms with Crippen LogP contribution in [0, 0.1) is 0 Å². The lowest BCUT2D eigenvalue weighted by Gasteiger charge is -2.09. The van der Waals surface area contributed by atoms with Crippen LogP contribution >= 0.6 is 0 Å². The van der Waals surface area contributed by atoms with E-state index in [1.54, 1.807) is 0 Å². The molecule has 0 bridgehead atoms. The Morgan fingerprint density at radius 1 is 1.12 bits per heavy atom. The third kappa shape index (κ3) is 4.60. The first kappa shape index (κ1) is 13.8. The molecular weight excluding hydrogens is 204 g/mol. The molecule has 0 heteroatoms. The number of allylic oxidation sites excluding steroid dienone is 2. The van der Waals surface area contributed by atoms with Gasteiger partial charge in [-0.25, -0.2) is 0 Å². The number of hydrogen-bond donors (Lipinski definition) is 0. The maximum Gasteiger partial charge on any atom is -0.0158 e. The third-order valence-electron chi connectivity index (χ3n) is 3.16. The second kappa shape index (κ2) is 7.89. The lowest BCUT2D eigenvalue weighted by atomic mass is 9.96. The van der Waals surface area contributed by atoms with E-state index in [1.165, 1.54) is 43.2 Å². The van der Waals surface area contributed by atoms with Crippen LogP contribution in [0.15, 0.2) is 43.5 Å². The van der Waals surface area contributed by atoms with Crippen LogP contribution in [0.1, 0.15) is 50.2 Å². The SMILES string of the molecule is C=CC(=C)c1ccccc1CCCCCCC. The van der Waals surface area contributed by atoms with Gasteiger partial charge in [0.1, 0.15) is 0 Å². The van der Waals surface area contributed by atoms with Crippen LogP contribution in [-0.4, -0.2) is 0 Å². The van der Waals surface area contributed by atoms with Crippen molar-refractivity contribution in [1.29, 1.82) is 0 Å². The van der Waals surface area contributed by atoms with Crippen LogP contribution in [0.2, 0.25) is 0 Å². The van der Waals surface area contributed by atoms with Crippen molar-refractivity contribution in [2.75, 3.05) is 0 Å². The fourth-order valence-electron chi connectivity index (χ4n) is 2.08. The standard InChI is InChI=1S/C17H24/c1-4-6-7-8-9-12-16-13-10-11-14-17(16)15(3)5-2/h5,10-11,13-14H,2-4,6-9,12H2,1H3. The number of hydrogen-bond acceptors (Lipinski definition) is 0. The Balaban J connectivity index is 2.52. The minimum atomic E-state index is 1.04. The molecule has 0 spiro atoms. The van der Waals surface area contributed by atoms with Crippen molar-refractivity contribution >= 4 is 5.57 Å². The maximum absolute atomic E-state index is 4.04. The number of benzene rings is 1. The van der Waals surface area contributed by atoms with Gasteiger partial charge in [-0.05, 0) is 29.5 Å². The predicted octanol–water partition coefficient (Wildman–Crippen LogP) is 5.40. The van der Waals surface area contributed by atoms with Crippen LogP contribution in [0.3, 0.4) is 0 Å². The Morgan fingerprint density at radius 3 is 2.53 bits per heavy atom. The molecule has 0 saturated carbocycles. The largest absolute Gasteiger partial charge is 0.0985 e. The molecule has 0 aromatic heterocycles. The van der Waals surface area contributed by atoms with E-state index in [4.69, 9.17) is 0 Å². The molecule has 17 heavy (non-hydrogen) atoms. The monoisotopic (exact) mass is 228 g/mol. The fourth-order valence-corrected chi connectivity index (χ4v) is 2.08. The highest BCUT2D eigenvalue weighted by molar-refractivity contribution is 5.73. The highest BCUT2D eigenvalue weighted by Crippen LogP contribution is 2.20. The molecule has 0 aliphatic heterocycles. The van der Waals surface area contributed by atoms with Crippen LogP contribution < -0.4 is 0 Å². The summed E-state index contributed by atoms with van der Waals surface area (Å²) in [5.41, 5.74) is 3.71. The molecule has 0 radical (unpaired) electrons. The lowest BCUT2D eigenvalue weighted by Crippen LogP contribution is -1.92. The van der Waals surface area contributed by atoms with Crippen molar-refractivity contribution in [3.8, 4) is 0 Å². The van der Waals surface area contributed by atoms with Gasteiger partial charge in [0, 0.05) is 0 Å². The third-order valence-corrected chi connectivity index (χ3v) is 3.16. The lowest BCUT2D eigenvalue weighted by molar-refractivity contribution is 0.632. The molecule has 0 unspecified atom stereocenters. The summed E-state index contributed by atoms with van der Waals surface area (Å²) in [4.78, 5) is 0. The molecule has 1 aromatic carbocycles. The van der Waals surface area contributed by atoms with Gasteiger partial charge in [-0.2, -0.15) is 0 Å². The number of rotatable bonds is 8. The van der Waals surface area contributed by atoms with Crippen molar-refractivity contribution in [2.45, 2.75) is 45.4 Å². The van der Waals surface area contributed by atoms with Crippen LogP contribution in [0.5, 0.6) is 0 Å². The van der Waals surface area contributed by atoms with E-state index < -0.39 is 0 Å². The Kier molecular flexibility index (Phi) is 6.39. The minimum absolute atomic E-state index is 1.04. The molecule has 0 saturated heterocycles. The van der Waals surface area contributed by atoms with E-state index in [2.05, 4.69) is 44.3 Å². The smallest absolute Gasteiger partial charge is 0.0158 e. The van der Waals surface area contributed by atoms with Crippen LogP contribution in [0.4, 0.5) is 0 Å². The summed E-state index contributed by atoms with van der Waals surface area (Å²) < 4.78 is 0. The van der Waals surface area contributed by atoms with Crippen LogP contribution in [-0.2, 0) is 6.42 Å². The van der Waals surface area contributed by atoms with Gasteiger partial charge in [0.2, 0.25) is 0 Å². The summed E-state index contributed by atoms with van der Waals surface area (Å²) >= 11 is 0. The average molecular weight is 228 g/mol. The Bertz CT molecular complexity index is 360. The van der Waals surface area contributed by atoms with E-state index >= 15 is 0 Å². The summed E-state index contributed by atoms with van der Waals surface area (Å²) in [6.07, 6.45) is 9.65. The van der Waals surface area contributed by atoms with E-state index in [0.29, 0.717) is 0 Å². The summed E-state index contributed by atoms with van der Waals surface area (Å²) in [5.74, 6) is 0. The van der Waals surface area contributed by atoms with Gasteiger partial charge in [-0.15, -0.1) is 0 Å². The molecule has 1 rings (SSSR count). The normalized spacial score (nSPS) is 10.2. The van der Waals surface area contributed by atoms with Crippen molar-refractivity contribution in [2.24, 2.45) is 0 Å². The second-order valence-electron chi connectivity index (χ2n) is 4.55. The van der Waals surface area contributed by atoms with Crippen molar-refractivity contribution in [3.63, 3.8) is 0 Å². The number of unbranched alkanes of at least 4 members (excludes halogenated alkanes) is 4. The molecular formula is C17H24. The Morgan fingerprint density at radius 2 is 1.82 bits per heavy atom. The van der Waals surface area contributed by atoms with Crippen molar-refractivity contribution < 1.29 is 0 Å². The van der Waals surface area contributed by atoms with Crippen LogP contribution in [0.25, 0.3) is 5.57 Å². The first-order chi connectivity index (χ1) is 8.29. The molecule has 0 atom stereocenters. The summed E-state index contributed by atoms with van der Waals surface area (Å²) in [7, 11) is 0. The second-order valence-corrected chi connectivity index (χ2v) is 4.55. The van der Waals surface area contributed by atoms with E-state index in [9.17, 15) is 0 Å². The van der Waals surface area contributed by atoms with Gasteiger partial charge in [-0.3, -0.25) is 0 Å². The zero-order chi connectivity index (χ0) is 12.5. The average Bonchev–Trinajstić information content (AvgIpc) is 2.38.